The molecule has 148 valence electrons. The van der Waals surface area contributed by atoms with Gasteiger partial charge in [0.05, 0.1) is 0 Å². The van der Waals surface area contributed by atoms with Crippen molar-refractivity contribution in [2.24, 2.45) is 10.4 Å². The predicted octanol–water partition coefficient (Wildman–Crippen LogP) is 5.54. The SMILES string of the molecule is CC(C)(C)CN=C(NO)c1ccc(Oc2ccc3oc4ccccc4c3c2)nc1. The number of furan rings is 1. The zero-order valence-electron chi connectivity index (χ0n) is 16.6. The minimum absolute atomic E-state index is 0.0223. The molecule has 0 atom stereocenters. The van der Waals surface area contributed by atoms with Crippen LogP contribution in [0.25, 0.3) is 21.9 Å². The number of aromatic nitrogens is 1. The molecular formula is C23H23N3O3. The van der Waals surface area contributed by atoms with Crippen LogP contribution in [0.15, 0.2) is 70.2 Å². The minimum Gasteiger partial charge on any atom is -0.456 e. The molecule has 6 nitrogen and oxygen atoms in total. The number of hydroxylamine groups is 1. The highest BCUT2D eigenvalue weighted by Crippen LogP contribution is 2.32. The molecule has 4 rings (SSSR count). The van der Waals surface area contributed by atoms with Gasteiger partial charge >= 0.3 is 0 Å². The summed E-state index contributed by atoms with van der Waals surface area (Å²) in [5.41, 5.74) is 4.52. The maximum atomic E-state index is 9.40. The van der Waals surface area contributed by atoms with Crippen molar-refractivity contribution in [3.05, 3.63) is 66.4 Å². The maximum Gasteiger partial charge on any atom is 0.219 e. The van der Waals surface area contributed by atoms with Crippen LogP contribution in [0.1, 0.15) is 26.3 Å². The molecule has 2 heterocycles. The largest absolute Gasteiger partial charge is 0.456 e. The Morgan fingerprint density at radius 2 is 1.86 bits per heavy atom. The van der Waals surface area contributed by atoms with E-state index in [0.29, 0.717) is 29.6 Å². The zero-order valence-corrected chi connectivity index (χ0v) is 16.6. The predicted molar refractivity (Wildman–Crippen MR) is 114 cm³/mol. The van der Waals surface area contributed by atoms with Crippen LogP contribution in [-0.2, 0) is 0 Å². The quantitative estimate of drug-likeness (QED) is 0.272. The molecule has 0 saturated heterocycles. The molecule has 4 aromatic rings. The van der Waals surface area contributed by atoms with Crippen LogP contribution in [-0.4, -0.2) is 22.6 Å². The Hall–Kier alpha value is -3.38. The monoisotopic (exact) mass is 389 g/mol. The van der Waals surface area contributed by atoms with E-state index in [9.17, 15) is 5.21 Å². The van der Waals surface area contributed by atoms with Gasteiger partial charge in [-0.2, -0.15) is 0 Å². The van der Waals surface area contributed by atoms with Crippen molar-refractivity contribution in [3.63, 3.8) is 0 Å². The van der Waals surface area contributed by atoms with E-state index in [1.807, 2.05) is 42.5 Å². The average Bonchev–Trinajstić information content (AvgIpc) is 3.07. The summed E-state index contributed by atoms with van der Waals surface area (Å²) in [4.78, 5) is 8.76. The molecular weight excluding hydrogens is 366 g/mol. The molecule has 2 aromatic heterocycles. The number of para-hydroxylation sites is 1. The number of pyridine rings is 1. The van der Waals surface area contributed by atoms with E-state index in [0.717, 1.165) is 21.9 Å². The van der Waals surface area contributed by atoms with Crippen molar-refractivity contribution < 1.29 is 14.4 Å². The van der Waals surface area contributed by atoms with Crippen LogP contribution in [0.5, 0.6) is 11.6 Å². The van der Waals surface area contributed by atoms with Crippen LogP contribution in [0, 0.1) is 5.41 Å². The van der Waals surface area contributed by atoms with Gasteiger partial charge in [-0.25, -0.2) is 4.98 Å². The number of aliphatic imine (C=N–C) groups is 1. The number of nitrogens with zero attached hydrogens (tertiary/aromatic N) is 2. The Morgan fingerprint density at radius 1 is 1.07 bits per heavy atom. The summed E-state index contributed by atoms with van der Waals surface area (Å²) in [7, 11) is 0. The minimum atomic E-state index is 0.0223. The average molecular weight is 389 g/mol. The second-order valence-electron chi connectivity index (χ2n) is 8.08. The third kappa shape index (κ3) is 4.22. The van der Waals surface area contributed by atoms with Crippen LogP contribution < -0.4 is 10.2 Å². The molecule has 0 aliphatic rings. The molecule has 0 unspecified atom stereocenters. The van der Waals surface area contributed by atoms with Gasteiger partial charge in [0.1, 0.15) is 16.9 Å². The Labute approximate surface area is 168 Å². The second-order valence-corrected chi connectivity index (χ2v) is 8.08. The molecule has 2 aromatic carbocycles. The second kappa shape index (κ2) is 7.56. The zero-order chi connectivity index (χ0) is 20.4. The third-order valence-corrected chi connectivity index (χ3v) is 4.40. The van der Waals surface area contributed by atoms with E-state index < -0.39 is 0 Å². The Morgan fingerprint density at radius 3 is 2.59 bits per heavy atom. The molecule has 0 aliphatic heterocycles. The van der Waals surface area contributed by atoms with Gasteiger partial charge in [-0.1, -0.05) is 39.0 Å². The van der Waals surface area contributed by atoms with Crippen LogP contribution in [0.2, 0.25) is 0 Å². The first-order valence-corrected chi connectivity index (χ1v) is 9.43. The summed E-state index contributed by atoms with van der Waals surface area (Å²) in [6, 6.07) is 17.2. The van der Waals surface area contributed by atoms with Gasteiger partial charge in [-0.15, -0.1) is 0 Å². The fourth-order valence-electron chi connectivity index (χ4n) is 2.98. The van der Waals surface area contributed by atoms with Crippen LogP contribution >= 0.6 is 0 Å². The molecule has 0 aliphatic carbocycles. The molecule has 29 heavy (non-hydrogen) atoms. The lowest BCUT2D eigenvalue weighted by Gasteiger charge is -2.15. The Kier molecular flexibility index (Phi) is 4.94. The molecule has 0 amide bonds. The van der Waals surface area contributed by atoms with Gasteiger partial charge in [0.25, 0.3) is 0 Å². The molecule has 0 fully saturated rings. The molecule has 2 N–H and O–H groups in total. The van der Waals surface area contributed by atoms with Crippen molar-refractivity contribution in [1.82, 2.24) is 10.5 Å². The first-order chi connectivity index (χ1) is 13.9. The number of hydrogen-bond donors (Lipinski definition) is 2. The highest BCUT2D eigenvalue weighted by Gasteiger charge is 2.12. The van der Waals surface area contributed by atoms with Crippen LogP contribution in [0.4, 0.5) is 0 Å². The van der Waals surface area contributed by atoms with Crippen molar-refractivity contribution in [1.29, 1.82) is 0 Å². The smallest absolute Gasteiger partial charge is 0.219 e. The standard InChI is InChI=1S/C23H23N3O3/c1-23(2,3)14-25-22(26-27)15-8-11-21(24-13-15)28-16-9-10-20-18(12-16)17-6-4-5-7-19(17)29-20/h4-13,27H,14H2,1-3H3,(H,25,26). The summed E-state index contributed by atoms with van der Waals surface area (Å²) in [5, 5.41) is 11.4. The number of fused-ring (bicyclic) bond motifs is 3. The third-order valence-electron chi connectivity index (χ3n) is 4.40. The fourth-order valence-corrected chi connectivity index (χ4v) is 2.98. The summed E-state index contributed by atoms with van der Waals surface area (Å²) in [6.45, 7) is 6.83. The van der Waals surface area contributed by atoms with Crippen molar-refractivity contribution in [2.75, 3.05) is 6.54 Å². The summed E-state index contributed by atoms with van der Waals surface area (Å²) in [5.74, 6) is 1.51. The Balaban J connectivity index is 1.56. The molecule has 0 radical (unpaired) electrons. The van der Waals surface area contributed by atoms with Gasteiger partial charge < -0.3 is 9.15 Å². The number of amidine groups is 1. The van der Waals surface area contributed by atoms with E-state index >= 15 is 0 Å². The molecule has 0 spiro atoms. The maximum absolute atomic E-state index is 9.40. The lowest BCUT2D eigenvalue weighted by atomic mass is 9.97. The van der Waals surface area contributed by atoms with Gasteiger partial charge in [0.15, 0.2) is 5.84 Å². The Bertz CT molecular complexity index is 1170. The number of benzene rings is 2. The fraction of sp³-hybridized carbons (Fsp3) is 0.217. The highest BCUT2D eigenvalue weighted by molar-refractivity contribution is 6.05. The van der Waals surface area contributed by atoms with E-state index in [-0.39, 0.29) is 5.41 Å². The van der Waals surface area contributed by atoms with E-state index in [2.05, 4.69) is 36.2 Å². The molecule has 6 heteroatoms. The first kappa shape index (κ1) is 19.0. The first-order valence-electron chi connectivity index (χ1n) is 9.43. The summed E-state index contributed by atoms with van der Waals surface area (Å²) in [6.07, 6.45) is 1.62. The van der Waals surface area contributed by atoms with Gasteiger partial charge in [0, 0.05) is 35.1 Å². The molecule has 0 bridgehead atoms. The van der Waals surface area contributed by atoms with Gasteiger partial charge in [-0.05, 0) is 35.7 Å². The van der Waals surface area contributed by atoms with Gasteiger partial charge in [0.2, 0.25) is 5.88 Å². The van der Waals surface area contributed by atoms with E-state index in [1.54, 1.807) is 18.3 Å². The van der Waals surface area contributed by atoms with Crippen molar-refractivity contribution >= 4 is 27.8 Å². The number of hydrogen-bond acceptors (Lipinski definition) is 5. The number of nitrogens with one attached hydrogen (secondary N) is 1. The summed E-state index contributed by atoms with van der Waals surface area (Å²) < 4.78 is 11.8. The number of ether oxygens (including phenoxy) is 1. The molecule has 0 saturated carbocycles. The normalized spacial score (nSPS) is 12.5. The van der Waals surface area contributed by atoms with Crippen LogP contribution in [0.3, 0.4) is 0 Å². The van der Waals surface area contributed by atoms with Gasteiger partial charge in [-0.3, -0.25) is 15.7 Å². The highest BCUT2D eigenvalue weighted by atomic mass is 16.5. The van der Waals surface area contributed by atoms with E-state index in [1.165, 1.54) is 0 Å². The lowest BCUT2D eigenvalue weighted by Crippen LogP contribution is -2.23. The topological polar surface area (TPSA) is 79.9 Å². The summed E-state index contributed by atoms with van der Waals surface area (Å²) >= 11 is 0. The van der Waals surface area contributed by atoms with Crippen molar-refractivity contribution in [3.8, 4) is 11.6 Å². The van der Waals surface area contributed by atoms with Crippen molar-refractivity contribution in [2.45, 2.75) is 20.8 Å². The number of rotatable bonds is 4. The lowest BCUT2D eigenvalue weighted by molar-refractivity contribution is 0.234. The van der Waals surface area contributed by atoms with E-state index in [4.69, 9.17) is 9.15 Å².